The summed E-state index contributed by atoms with van der Waals surface area (Å²) in [7, 11) is 0. The van der Waals surface area contributed by atoms with Crippen molar-refractivity contribution in [2.24, 2.45) is 5.41 Å². The molecule has 0 spiro atoms. The van der Waals surface area contributed by atoms with Crippen molar-refractivity contribution in [2.75, 3.05) is 6.54 Å². The molecule has 0 bridgehead atoms. The van der Waals surface area contributed by atoms with E-state index in [4.69, 9.17) is 0 Å². The second-order valence-electron chi connectivity index (χ2n) is 5.25. The lowest BCUT2D eigenvalue weighted by Crippen LogP contribution is -2.44. The maximum absolute atomic E-state index is 11.8. The first-order valence-corrected chi connectivity index (χ1v) is 5.53. The molecular formula is C12H25NO. The first-order chi connectivity index (χ1) is 6.25. The number of rotatable bonds is 6. The number of hydrogen-bond donors (Lipinski definition) is 1. The maximum Gasteiger partial charge on any atom is 0.152 e. The minimum absolute atomic E-state index is 0.0689. The van der Waals surface area contributed by atoms with Crippen molar-refractivity contribution in [2.45, 2.75) is 59.9 Å². The summed E-state index contributed by atoms with van der Waals surface area (Å²) in [5, 5.41) is 3.30. The SMILES string of the molecule is CCC(C)(C)NCC(=O)C(C)(C)CC. The Hall–Kier alpha value is -0.370. The number of Topliss-reactive ketones (excluding diaryl/α,β-unsaturated/α-hetero) is 1. The van der Waals surface area contributed by atoms with Crippen LogP contribution < -0.4 is 5.32 Å². The van der Waals surface area contributed by atoms with Crippen molar-refractivity contribution in [3.05, 3.63) is 0 Å². The molecule has 0 aliphatic heterocycles. The zero-order valence-electron chi connectivity index (χ0n) is 10.5. The van der Waals surface area contributed by atoms with Crippen molar-refractivity contribution in [3.8, 4) is 0 Å². The highest BCUT2D eigenvalue weighted by Gasteiger charge is 2.26. The van der Waals surface area contributed by atoms with Crippen LogP contribution in [-0.4, -0.2) is 17.9 Å². The van der Waals surface area contributed by atoms with Gasteiger partial charge in [-0.3, -0.25) is 4.79 Å². The van der Waals surface area contributed by atoms with Crippen molar-refractivity contribution < 1.29 is 4.79 Å². The van der Waals surface area contributed by atoms with E-state index in [9.17, 15) is 4.79 Å². The average molecular weight is 199 g/mol. The molecule has 1 N–H and O–H groups in total. The molecule has 0 saturated heterocycles. The highest BCUT2D eigenvalue weighted by Crippen LogP contribution is 2.20. The molecule has 0 saturated carbocycles. The van der Waals surface area contributed by atoms with Gasteiger partial charge in [0.25, 0.3) is 0 Å². The van der Waals surface area contributed by atoms with E-state index in [1.165, 1.54) is 0 Å². The molecule has 0 atom stereocenters. The Kier molecular flexibility index (Phi) is 4.79. The molecule has 0 aliphatic carbocycles. The Morgan fingerprint density at radius 3 is 1.93 bits per heavy atom. The summed E-state index contributed by atoms with van der Waals surface area (Å²) in [5.41, 5.74) is -0.115. The van der Waals surface area contributed by atoms with E-state index in [1.807, 2.05) is 13.8 Å². The summed E-state index contributed by atoms with van der Waals surface area (Å²) in [5.74, 6) is 0.307. The van der Waals surface area contributed by atoms with Crippen LogP contribution in [0.4, 0.5) is 0 Å². The molecular weight excluding hydrogens is 174 g/mol. The Morgan fingerprint density at radius 1 is 1.07 bits per heavy atom. The fourth-order valence-corrected chi connectivity index (χ4v) is 0.881. The first kappa shape index (κ1) is 13.6. The standard InChI is InChI=1S/C12H25NO/c1-7-11(3,4)10(14)9-13-12(5,6)8-2/h13H,7-9H2,1-6H3. The van der Waals surface area contributed by atoms with E-state index in [0.717, 1.165) is 12.8 Å². The summed E-state index contributed by atoms with van der Waals surface area (Å²) < 4.78 is 0. The molecule has 0 unspecified atom stereocenters. The number of carbonyl (C=O) groups excluding carboxylic acids is 1. The van der Waals surface area contributed by atoms with Gasteiger partial charge in [-0.15, -0.1) is 0 Å². The van der Waals surface area contributed by atoms with Crippen molar-refractivity contribution in [1.29, 1.82) is 0 Å². The smallest absolute Gasteiger partial charge is 0.152 e. The minimum atomic E-state index is -0.184. The fraction of sp³-hybridized carbons (Fsp3) is 0.917. The van der Waals surface area contributed by atoms with Crippen molar-refractivity contribution in [3.63, 3.8) is 0 Å². The van der Waals surface area contributed by atoms with Gasteiger partial charge in [0.2, 0.25) is 0 Å². The third-order valence-corrected chi connectivity index (χ3v) is 3.25. The summed E-state index contributed by atoms with van der Waals surface area (Å²) in [6.07, 6.45) is 1.94. The van der Waals surface area contributed by atoms with Crippen LogP contribution in [0.5, 0.6) is 0 Å². The van der Waals surface area contributed by atoms with Gasteiger partial charge in [-0.25, -0.2) is 0 Å². The van der Waals surface area contributed by atoms with Crippen LogP contribution in [-0.2, 0) is 4.79 Å². The summed E-state index contributed by atoms with van der Waals surface area (Å²) in [4.78, 5) is 11.8. The summed E-state index contributed by atoms with van der Waals surface area (Å²) in [6, 6.07) is 0. The van der Waals surface area contributed by atoms with Gasteiger partial charge in [-0.2, -0.15) is 0 Å². The molecule has 14 heavy (non-hydrogen) atoms. The first-order valence-electron chi connectivity index (χ1n) is 5.53. The Balaban J connectivity index is 4.10. The van der Waals surface area contributed by atoms with Gasteiger partial charge in [0.05, 0.1) is 6.54 Å². The number of nitrogens with one attached hydrogen (secondary N) is 1. The van der Waals surface area contributed by atoms with Crippen LogP contribution in [0.2, 0.25) is 0 Å². The van der Waals surface area contributed by atoms with Gasteiger partial charge in [-0.1, -0.05) is 27.7 Å². The number of carbonyl (C=O) groups is 1. The molecule has 84 valence electrons. The normalized spacial score (nSPS) is 13.0. The van der Waals surface area contributed by atoms with Gasteiger partial charge in [0.15, 0.2) is 5.78 Å². The lowest BCUT2D eigenvalue weighted by molar-refractivity contribution is -0.126. The molecule has 2 heteroatoms. The average Bonchev–Trinajstić information content (AvgIpc) is 2.14. The van der Waals surface area contributed by atoms with Crippen LogP contribution in [0.25, 0.3) is 0 Å². The molecule has 0 amide bonds. The van der Waals surface area contributed by atoms with E-state index in [-0.39, 0.29) is 11.0 Å². The van der Waals surface area contributed by atoms with E-state index in [0.29, 0.717) is 12.3 Å². The van der Waals surface area contributed by atoms with E-state index in [1.54, 1.807) is 0 Å². The zero-order valence-corrected chi connectivity index (χ0v) is 10.5. The van der Waals surface area contributed by atoms with E-state index >= 15 is 0 Å². The van der Waals surface area contributed by atoms with Gasteiger partial charge in [0, 0.05) is 11.0 Å². The second kappa shape index (κ2) is 4.92. The monoisotopic (exact) mass is 199 g/mol. The van der Waals surface area contributed by atoms with Gasteiger partial charge >= 0.3 is 0 Å². The molecule has 2 nitrogen and oxygen atoms in total. The molecule has 0 fully saturated rings. The van der Waals surface area contributed by atoms with Crippen LogP contribution in [0.1, 0.15) is 54.4 Å². The van der Waals surface area contributed by atoms with Crippen molar-refractivity contribution in [1.82, 2.24) is 5.32 Å². The molecule has 0 aromatic carbocycles. The molecule has 0 aromatic rings. The molecule has 0 aliphatic rings. The van der Waals surface area contributed by atoms with Crippen LogP contribution in [0.3, 0.4) is 0 Å². The van der Waals surface area contributed by atoms with Crippen LogP contribution in [0.15, 0.2) is 0 Å². The maximum atomic E-state index is 11.8. The Labute approximate surface area is 88.5 Å². The zero-order chi connectivity index (χ0) is 11.4. The van der Waals surface area contributed by atoms with E-state index in [2.05, 4.69) is 33.0 Å². The van der Waals surface area contributed by atoms with Gasteiger partial charge < -0.3 is 5.32 Å². The molecule has 0 rings (SSSR count). The summed E-state index contributed by atoms with van der Waals surface area (Å²) >= 11 is 0. The van der Waals surface area contributed by atoms with Gasteiger partial charge in [-0.05, 0) is 26.7 Å². The predicted octanol–water partition coefficient (Wildman–Crippen LogP) is 2.77. The lowest BCUT2D eigenvalue weighted by Gasteiger charge is -2.27. The fourth-order valence-electron chi connectivity index (χ4n) is 0.881. The largest absolute Gasteiger partial charge is 0.305 e. The predicted molar refractivity (Wildman–Crippen MR) is 61.5 cm³/mol. The third kappa shape index (κ3) is 4.23. The Morgan fingerprint density at radius 2 is 1.57 bits per heavy atom. The van der Waals surface area contributed by atoms with Crippen LogP contribution in [0, 0.1) is 5.41 Å². The number of hydrogen-bond acceptors (Lipinski definition) is 2. The van der Waals surface area contributed by atoms with Gasteiger partial charge in [0.1, 0.15) is 0 Å². The third-order valence-electron chi connectivity index (χ3n) is 3.25. The second-order valence-corrected chi connectivity index (χ2v) is 5.25. The molecule has 0 radical (unpaired) electrons. The molecule has 0 heterocycles. The van der Waals surface area contributed by atoms with E-state index < -0.39 is 0 Å². The van der Waals surface area contributed by atoms with Crippen LogP contribution >= 0.6 is 0 Å². The Bertz CT molecular complexity index is 194. The lowest BCUT2D eigenvalue weighted by atomic mass is 9.85. The van der Waals surface area contributed by atoms with Crippen molar-refractivity contribution >= 4 is 5.78 Å². The highest BCUT2D eigenvalue weighted by atomic mass is 16.1. The minimum Gasteiger partial charge on any atom is -0.305 e. The summed E-state index contributed by atoms with van der Waals surface area (Å²) in [6.45, 7) is 12.9. The number of ketones is 1. The highest BCUT2D eigenvalue weighted by molar-refractivity contribution is 5.85. The quantitative estimate of drug-likeness (QED) is 0.712. The topological polar surface area (TPSA) is 29.1 Å². The molecule has 0 aromatic heterocycles.